The molecule has 2 aliphatic rings. The summed E-state index contributed by atoms with van der Waals surface area (Å²) in [7, 11) is 0. The van der Waals surface area contributed by atoms with Crippen LogP contribution < -0.4 is 5.32 Å². The molecule has 1 fully saturated rings. The van der Waals surface area contributed by atoms with Crippen molar-refractivity contribution in [2.45, 2.75) is 37.8 Å². The molecule has 0 aliphatic carbocycles. The predicted molar refractivity (Wildman–Crippen MR) is 125 cm³/mol. The fourth-order valence-corrected chi connectivity index (χ4v) is 5.23. The molecule has 0 spiro atoms. The van der Waals surface area contributed by atoms with E-state index in [9.17, 15) is 19.2 Å². The summed E-state index contributed by atoms with van der Waals surface area (Å²) in [5.74, 6) is 0.399. The van der Waals surface area contributed by atoms with E-state index in [4.69, 9.17) is 4.74 Å². The average Bonchev–Trinajstić information content (AvgIpc) is 3.36. The molecule has 2 aromatic carbocycles. The van der Waals surface area contributed by atoms with E-state index in [2.05, 4.69) is 5.32 Å². The minimum Gasteiger partial charge on any atom is -0.459 e. The Morgan fingerprint density at radius 3 is 2.27 bits per heavy atom. The summed E-state index contributed by atoms with van der Waals surface area (Å²) < 4.78 is 5.62. The topological polar surface area (TPSA) is 92.8 Å². The third-order valence-electron chi connectivity index (χ3n) is 5.80. The van der Waals surface area contributed by atoms with E-state index in [0.717, 1.165) is 0 Å². The monoisotopic (exact) mass is 466 g/mol. The predicted octanol–water partition coefficient (Wildman–Crippen LogP) is 3.30. The van der Waals surface area contributed by atoms with Gasteiger partial charge in [-0.25, -0.2) is 0 Å². The second-order valence-corrected chi connectivity index (χ2v) is 9.20. The molecule has 0 bridgehead atoms. The summed E-state index contributed by atoms with van der Waals surface area (Å²) in [6.07, 6.45) is 1.88. The maximum atomic E-state index is 12.4. The number of hydrogen-bond acceptors (Lipinski definition) is 6. The third-order valence-corrected chi connectivity index (χ3v) is 6.96. The maximum absolute atomic E-state index is 12.4. The summed E-state index contributed by atoms with van der Waals surface area (Å²) in [6, 6.07) is 15.6. The molecule has 172 valence electrons. The minimum atomic E-state index is -0.339. The number of amides is 3. The van der Waals surface area contributed by atoms with E-state index in [1.165, 1.54) is 4.90 Å². The Kier molecular flexibility index (Phi) is 7.44. The first-order valence-corrected chi connectivity index (χ1v) is 12.3. The van der Waals surface area contributed by atoms with Crippen LogP contribution >= 0.6 is 11.8 Å². The number of imide groups is 1. The van der Waals surface area contributed by atoms with E-state index >= 15 is 0 Å². The van der Waals surface area contributed by atoms with Crippen molar-refractivity contribution in [2.75, 3.05) is 18.1 Å². The fraction of sp³-hybridized carbons (Fsp3) is 0.360. The molecular weight excluding hydrogens is 440 g/mol. The molecule has 2 unspecified atom stereocenters. The van der Waals surface area contributed by atoms with E-state index < -0.39 is 0 Å². The van der Waals surface area contributed by atoms with Crippen LogP contribution in [0, 0.1) is 0 Å². The van der Waals surface area contributed by atoms with Crippen LogP contribution in [0.25, 0.3) is 0 Å². The highest BCUT2D eigenvalue weighted by Gasteiger charge is 2.35. The molecule has 7 nitrogen and oxygen atoms in total. The van der Waals surface area contributed by atoms with Gasteiger partial charge in [-0.3, -0.25) is 24.1 Å². The highest BCUT2D eigenvalue weighted by atomic mass is 32.2. The van der Waals surface area contributed by atoms with Crippen molar-refractivity contribution in [2.24, 2.45) is 0 Å². The molecule has 4 rings (SSSR count). The van der Waals surface area contributed by atoms with E-state index in [0.29, 0.717) is 54.0 Å². The van der Waals surface area contributed by atoms with Gasteiger partial charge in [0.1, 0.15) is 6.10 Å². The zero-order valence-corrected chi connectivity index (χ0v) is 19.0. The van der Waals surface area contributed by atoms with Crippen molar-refractivity contribution >= 4 is 35.5 Å². The molecule has 2 heterocycles. The summed E-state index contributed by atoms with van der Waals surface area (Å²) >= 11 is 1.65. The van der Waals surface area contributed by atoms with E-state index in [-0.39, 0.29) is 42.3 Å². The average molecular weight is 467 g/mol. The normalized spacial score (nSPS) is 19.5. The zero-order chi connectivity index (χ0) is 23.2. The van der Waals surface area contributed by atoms with Crippen LogP contribution in [-0.4, -0.2) is 58.8 Å². The van der Waals surface area contributed by atoms with Gasteiger partial charge < -0.3 is 10.1 Å². The summed E-state index contributed by atoms with van der Waals surface area (Å²) in [5, 5.41) is 2.97. The lowest BCUT2D eigenvalue weighted by Gasteiger charge is -2.20. The van der Waals surface area contributed by atoms with Crippen LogP contribution in [0.4, 0.5) is 0 Å². The number of carbonyl (C=O) groups is 4. The summed E-state index contributed by atoms with van der Waals surface area (Å²) in [5.41, 5.74) is 1.49. The van der Waals surface area contributed by atoms with Crippen LogP contribution in [0.5, 0.6) is 0 Å². The lowest BCUT2D eigenvalue weighted by molar-refractivity contribution is -0.148. The SMILES string of the molecule is O=C(CCCCCN1C(=O)c2ccccc2C1=O)OC1CSCC1NC(=O)c1ccccc1. The van der Waals surface area contributed by atoms with Crippen LogP contribution in [0.3, 0.4) is 0 Å². The molecule has 2 aliphatic heterocycles. The van der Waals surface area contributed by atoms with Crippen LogP contribution in [-0.2, 0) is 9.53 Å². The molecule has 8 heteroatoms. The van der Waals surface area contributed by atoms with Crippen molar-refractivity contribution in [3.63, 3.8) is 0 Å². The second kappa shape index (κ2) is 10.7. The Hall–Kier alpha value is -3.13. The highest BCUT2D eigenvalue weighted by Crippen LogP contribution is 2.24. The van der Waals surface area contributed by atoms with Gasteiger partial charge in [-0.15, -0.1) is 0 Å². The molecule has 1 saturated heterocycles. The first kappa shape index (κ1) is 23.0. The first-order chi connectivity index (χ1) is 16.0. The standard InChI is InChI=1S/C25H26N2O5S/c28-22(32-21-16-33-15-20(21)26-23(29)17-9-3-1-4-10-17)13-5-2-8-14-27-24(30)18-11-6-7-12-19(18)25(27)31/h1,3-4,6-7,9-12,20-21H,2,5,8,13-16H2,(H,26,29). The lowest BCUT2D eigenvalue weighted by atomic mass is 10.1. The highest BCUT2D eigenvalue weighted by molar-refractivity contribution is 7.99. The van der Waals surface area contributed by atoms with Crippen molar-refractivity contribution in [1.29, 1.82) is 0 Å². The van der Waals surface area contributed by atoms with Gasteiger partial charge in [0.2, 0.25) is 0 Å². The maximum Gasteiger partial charge on any atom is 0.306 e. The number of benzene rings is 2. The van der Waals surface area contributed by atoms with Gasteiger partial charge in [0, 0.05) is 30.0 Å². The molecule has 0 aromatic heterocycles. The number of esters is 1. The van der Waals surface area contributed by atoms with Gasteiger partial charge in [-0.2, -0.15) is 11.8 Å². The van der Waals surface area contributed by atoms with E-state index in [1.54, 1.807) is 48.2 Å². The molecular formula is C25H26N2O5S. The van der Waals surface area contributed by atoms with E-state index in [1.807, 2.05) is 18.2 Å². The zero-order valence-electron chi connectivity index (χ0n) is 18.2. The van der Waals surface area contributed by atoms with Gasteiger partial charge in [-0.05, 0) is 37.1 Å². The Bertz CT molecular complexity index is 1010. The number of fused-ring (bicyclic) bond motifs is 1. The number of hydrogen-bond donors (Lipinski definition) is 1. The largest absolute Gasteiger partial charge is 0.459 e. The number of carbonyl (C=O) groups excluding carboxylic acids is 4. The summed E-state index contributed by atoms with van der Waals surface area (Å²) in [4.78, 5) is 50.7. The van der Waals surface area contributed by atoms with Crippen molar-refractivity contribution in [3.05, 3.63) is 71.3 Å². The number of thioether (sulfide) groups is 1. The Balaban J connectivity index is 1.16. The fourth-order valence-electron chi connectivity index (χ4n) is 4.01. The summed E-state index contributed by atoms with van der Waals surface area (Å²) in [6.45, 7) is 0.342. The minimum absolute atomic E-state index is 0.169. The van der Waals surface area contributed by atoms with Gasteiger partial charge in [0.15, 0.2) is 0 Å². The number of nitrogens with zero attached hydrogens (tertiary/aromatic N) is 1. The van der Waals surface area contributed by atoms with Gasteiger partial charge in [0.05, 0.1) is 17.2 Å². The molecule has 33 heavy (non-hydrogen) atoms. The van der Waals surface area contributed by atoms with Crippen molar-refractivity contribution in [3.8, 4) is 0 Å². The Morgan fingerprint density at radius 2 is 1.58 bits per heavy atom. The van der Waals surface area contributed by atoms with Gasteiger partial charge in [0.25, 0.3) is 17.7 Å². The quantitative estimate of drug-likeness (QED) is 0.346. The van der Waals surface area contributed by atoms with Crippen molar-refractivity contribution < 1.29 is 23.9 Å². The number of nitrogens with one attached hydrogen (secondary N) is 1. The van der Waals surface area contributed by atoms with Crippen LogP contribution in [0.2, 0.25) is 0 Å². The lowest BCUT2D eigenvalue weighted by Crippen LogP contribution is -2.44. The molecule has 2 atom stereocenters. The molecule has 0 saturated carbocycles. The Morgan fingerprint density at radius 1 is 0.909 bits per heavy atom. The number of ether oxygens (including phenoxy) is 1. The Labute approximate surface area is 196 Å². The first-order valence-electron chi connectivity index (χ1n) is 11.1. The van der Waals surface area contributed by atoms with Gasteiger partial charge in [-0.1, -0.05) is 36.8 Å². The van der Waals surface area contributed by atoms with Crippen LogP contribution in [0.1, 0.15) is 56.8 Å². The second-order valence-electron chi connectivity index (χ2n) is 8.13. The number of unbranched alkanes of at least 4 members (excludes halogenated alkanes) is 2. The third kappa shape index (κ3) is 5.45. The smallest absolute Gasteiger partial charge is 0.306 e. The number of rotatable bonds is 9. The molecule has 3 amide bonds. The van der Waals surface area contributed by atoms with Crippen molar-refractivity contribution in [1.82, 2.24) is 10.2 Å². The van der Waals surface area contributed by atoms with Gasteiger partial charge >= 0.3 is 5.97 Å². The molecule has 2 aromatic rings. The molecule has 0 radical (unpaired) electrons. The van der Waals surface area contributed by atoms with Crippen LogP contribution in [0.15, 0.2) is 54.6 Å². The molecule has 1 N–H and O–H groups in total.